The van der Waals surface area contributed by atoms with Crippen LogP contribution < -0.4 is 20.3 Å². The average molecular weight is 465 g/mol. The van der Waals surface area contributed by atoms with Crippen molar-refractivity contribution in [2.24, 2.45) is 0 Å². The first kappa shape index (κ1) is 22.3. The zero-order chi connectivity index (χ0) is 23.6. The van der Waals surface area contributed by atoms with Gasteiger partial charge in [-0.25, -0.2) is 13.2 Å². The number of urea groups is 1. The second-order valence-electron chi connectivity index (χ2n) is 7.86. The molecule has 0 aliphatic carbocycles. The van der Waals surface area contributed by atoms with Gasteiger partial charge >= 0.3 is 6.03 Å². The van der Waals surface area contributed by atoms with Crippen LogP contribution in [0.4, 0.5) is 27.5 Å². The predicted molar refractivity (Wildman–Crippen MR) is 131 cm³/mol. The minimum Gasteiger partial charge on any atom is -0.322 e. The van der Waals surface area contributed by atoms with E-state index in [1.54, 1.807) is 48.5 Å². The van der Waals surface area contributed by atoms with E-state index in [0.717, 1.165) is 11.1 Å². The summed E-state index contributed by atoms with van der Waals surface area (Å²) >= 11 is 0. The van der Waals surface area contributed by atoms with Gasteiger partial charge in [0, 0.05) is 29.2 Å². The third-order valence-corrected chi connectivity index (χ3v) is 6.55. The molecule has 0 bridgehead atoms. The molecule has 0 unspecified atom stereocenters. The fourth-order valence-electron chi connectivity index (χ4n) is 3.70. The topological polar surface area (TPSA) is 108 Å². The van der Waals surface area contributed by atoms with Gasteiger partial charge in [0.05, 0.1) is 11.9 Å². The summed E-state index contributed by atoms with van der Waals surface area (Å²) in [6, 6.07) is 18.9. The molecule has 0 spiro atoms. The smallest absolute Gasteiger partial charge is 0.322 e. The van der Waals surface area contributed by atoms with Crippen LogP contribution in [0, 0.1) is 6.92 Å². The second kappa shape index (κ2) is 8.95. The number of carbonyl (C=O) groups excluding carboxylic acids is 2. The van der Waals surface area contributed by atoms with E-state index in [2.05, 4.69) is 16.0 Å². The lowest BCUT2D eigenvalue weighted by molar-refractivity contribution is 0.102. The van der Waals surface area contributed by atoms with E-state index < -0.39 is 16.1 Å². The fourth-order valence-corrected chi connectivity index (χ4v) is 4.66. The highest BCUT2D eigenvalue weighted by molar-refractivity contribution is 7.92. The van der Waals surface area contributed by atoms with Gasteiger partial charge in [0.25, 0.3) is 5.91 Å². The van der Waals surface area contributed by atoms with Crippen LogP contribution in [-0.2, 0) is 16.4 Å². The molecular weight excluding hydrogens is 440 g/mol. The lowest BCUT2D eigenvalue weighted by Crippen LogP contribution is -2.27. The van der Waals surface area contributed by atoms with Crippen LogP contribution in [0.2, 0.25) is 0 Å². The summed E-state index contributed by atoms with van der Waals surface area (Å²) < 4.78 is 25.2. The summed E-state index contributed by atoms with van der Waals surface area (Å²) in [6.07, 6.45) is 1.73. The number of aryl methyl sites for hydroxylation is 1. The van der Waals surface area contributed by atoms with E-state index in [9.17, 15) is 18.0 Å². The maximum Gasteiger partial charge on any atom is 0.323 e. The number of nitrogens with zero attached hydrogens (tertiary/aromatic N) is 1. The van der Waals surface area contributed by atoms with Crippen LogP contribution >= 0.6 is 0 Å². The Kier molecular flexibility index (Phi) is 6.06. The van der Waals surface area contributed by atoms with Crippen molar-refractivity contribution in [2.75, 3.05) is 33.1 Å². The van der Waals surface area contributed by atoms with Gasteiger partial charge in [-0.05, 0) is 66.9 Å². The quantitative estimate of drug-likeness (QED) is 0.526. The molecule has 3 amide bonds. The fraction of sp³-hybridized carbons (Fsp3) is 0.167. The SMILES string of the molecule is Cc1ccc(NC(=O)Nc2ccccc2)cc1NC(=O)c1ccc2c(c1)CCN2S(C)(=O)=O. The Balaban J connectivity index is 1.47. The molecule has 170 valence electrons. The van der Waals surface area contributed by atoms with Crippen LogP contribution in [0.1, 0.15) is 21.5 Å². The first-order valence-corrected chi connectivity index (χ1v) is 12.2. The van der Waals surface area contributed by atoms with E-state index in [4.69, 9.17) is 0 Å². The lowest BCUT2D eigenvalue weighted by atomic mass is 10.1. The summed E-state index contributed by atoms with van der Waals surface area (Å²) in [5, 5.41) is 8.39. The van der Waals surface area contributed by atoms with E-state index in [0.29, 0.717) is 41.3 Å². The first-order valence-electron chi connectivity index (χ1n) is 10.4. The molecule has 4 rings (SSSR count). The number of para-hydroxylation sites is 1. The highest BCUT2D eigenvalue weighted by atomic mass is 32.2. The first-order chi connectivity index (χ1) is 15.7. The molecule has 1 aliphatic rings. The Morgan fingerprint density at radius 3 is 2.33 bits per heavy atom. The Hall–Kier alpha value is -3.85. The second-order valence-corrected chi connectivity index (χ2v) is 9.76. The Morgan fingerprint density at radius 1 is 0.879 bits per heavy atom. The molecule has 33 heavy (non-hydrogen) atoms. The predicted octanol–water partition coefficient (Wildman–Crippen LogP) is 4.21. The van der Waals surface area contributed by atoms with Gasteiger partial charge in [-0.15, -0.1) is 0 Å². The molecule has 3 aromatic carbocycles. The zero-order valence-corrected chi connectivity index (χ0v) is 19.1. The number of amides is 3. The number of fused-ring (bicyclic) bond motifs is 1. The Bertz CT molecular complexity index is 1320. The Labute approximate surface area is 192 Å². The van der Waals surface area contributed by atoms with Crippen molar-refractivity contribution in [1.29, 1.82) is 0 Å². The number of anilines is 4. The third-order valence-electron chi connectivity index (χ3n) is 5.37. The molecule has 1 aliphatic heterocycles. The van der Waals surface area contributed by atoms with Gasteiger partial charge in [-0.2, -0.15) is 0 Å². The maximum absolute atomic E-state index is 12.9. The number of hydrogen-bond acceptors (Lipinski definition) is 4. The van der Waals surface area contributed by atoms with Crippen LogP contribution in [0.3, 0.4) is 0 Å². The Morgan fingerprint density at radius 2 is 1.61 bits per heavy atom. The highest BCUT2D eigenvalue weighted by Gasteiger charge is 2.26. The third kappa shape index (κ3) is 5.15. The largest absolute Gasteiger partial charge is 0.323 e. The van der Waals surface area contributed by atoms with Gasteiger partial charge in [0.15, 0.2) is 0 Å². The highest BCUT2D eigenvalue weighted by Crippen LogP contribution is 2.31. The van der Waals surface area contributed by atoms with E-state index in [1.807, 2.05) is 25.1 Å². The summed E-state index contributed by atoms with van der Waals surface area (Å²) in [7, 11) is -3.34. The number of nitrogens with one attached hydrogen (secondary N) is 3. The standard InChI is InChI=1S/C24H24N4O4S/c1-16-8-10-20(26-24(30)25-19-6-4-3-5-7-19)15-21(16)27-23(29)18-9-11-22-17(14-18)12-13-28(22)33(2,31)32/h3-11,14-15H,12-13H2,1-2H3,(H,27,29)(H2,25,26,30). The zero-order valence-electron chi connectivity index (χ0n) is 18.3. The van der Waals surface area contributed by atoms with Crippen LogP contribution in [0.15, 0.2) is 66.7 Å². The minimum atomic E-state index is -3.34. The van der Waals surface area contributed by atoms with Gasteiger partial charge in [-0.3, -0.25) is 9.10 Å². The summed E-state index contributed by atoms with van der Waals surface area (Å²) in [6.45, 7) is 2.23. The van der Waals surface area contributed by atoms with Gasteiger partial charge in [0.2, 0.25) is 10.0 Å². The number of hydrogen-bond donors (Lipinski definition) is 3. The molecule has 0 saturated carbocycles. The number of sulfonamides is 1. The van der Waals surface area contributed by atoms with E-state index in [-0.39, 0.29) is 5.91 Å². The van der Waals surface area contributed by atoms with Crippen molar-refractivity contribution in [2.45, 2.75) is 13.3 Å². The van der Waals surface area contributed by atoms with Crippen molar-refractivity contribution in [1.82, 2.24) is 0 Å². The normalized spacial score (nSPS) is 12.7. The molecule has 3 N–H and O–H groups in total. The molecule has 3 aromatic rings. The number of rotatable bonds is 5. The molecule has 0 radical (unpaired) electrons. The molecule has 9 heteroatoms. The molecule has 0 atom stereocenters. The lowest BCUT2D eigenvalue weighted by Gasteiger charge is -2.16. The van der Waals surface area contributed by atoms with E-state index >= 15 is 0 Å². The van der Waals surface area contributed by atoms with Crippen molar-refractivity contribution >= 4 is 44.7 Å². The summed E-state index contributed by atoms with van der Waals surface area (Å²) in [5.74, 6) is -0.315. The number of carbonyl (C=O) groups is 2. The van der Waals surface area contributed by atoms with Gasteiger partial charge in [-0.1, -0.05) is 24.3 Å². The number of benzene rings is 3. The van der Waals surface area contributed by atoms with Gasteiger partial charge < -0.3 is 16.0 Å². The molecule has 8 nitrogen and oxygen atoms in total. The minimum absolute atomic E-state index is 0.315. The van der Waals surface area contributed by atoms with Crippen LogP contribution in [0.25, 0.3) is 0 Å². The van der Waals surface area contributed by atoms with Crippen molar-refractivity contribution in [3.63, 3.8) is 0 Å². The maximum atomic E-state index is 12.9. The van der Waals surface area contributed by atoms with Crippen LogP contribution in [0.5, 0.6) is 0 Å². The van der Waals surface area contributed by atoms with Crippen LogP contribution in [-0.4, -0.2) is 33.2 Å². The molecule has 0 saturated heterocycles. The van der Waals surface area contributed by atoms with Gasteiger partial charge in [0.1, 0.15) is 0 Å². The molecule has 1 heterocycles. The monoisotopic (exact) mass is 464 g/mol. The van der Waals surface area contributed by atoms with Crippen molar-refractivity contribution < 1.29 is 18.0 Å². The summed E-state index contributed by atoms with van der Waals surface area (Å²) in [5.41, 5.74) is 4.46. The molecular formula is C24H24N4O4S. The van der Waals surface area contributed by atoms with Crippen molar-refractivity contribution in [3.05, 3.63) is 83.4 Å². The summed E-state index contributed by atoms with van der Waals surface area (Å²) in [4.78, 5) is 25.1. The molecule has 0 aromatic heterocycles. The van der Waals surface area contributed by atoms with Crippen molar-refractivity contribution in [3.8, 4) is 0 Å². The average Bonchev–Trinajstić information content (AvgIpc) is 3.20. The molecule has 0 fully saturated rings. The van der Waals surface area contributed by atoms with E-state index in [1.165, 1.54) is 10.6 Å².